The third kappa shape index (κ3) is 9.19. The van der Waals surface area contributed by atoms with E-state index in [9.17, 15) is 0 Å². The number of para-hydroxylation sites is 4. The van der Waals surface area contributed by atoms with E-state index in [1.807, 2.05) is 12.1 Å². The second-order valence-electron chi connectivity index (χ2n) is 32.6. The summed E-state index contributed by atoms with van der Waals surface area (Å²) < 4.78 is 19.0. The van der Waals surface area contributed by atoms with E-state index in [0.717, 1.165) is 116 Å². The van der Waals surface area contributed by atoms with Crippen LogP contribution in [0.4, 0.5) is 0 Å². The third-order valence-corrected chi connectivity index (χ3v) is 27.4. The lowest BCUT2D eigenvalue weighted by Crippen LogP contribution is -1.96. The molecule has 0 saturated heterocycles. The van der Waals surface area contributed by atoms with Crippen LogP contribution in [0.25, 0.3) is 274 Å². The van der Waals surface area contributed by atoms with Crippen LogP contribution < -0.4 is 0 Å². The second kappa shape index (κ2) is 24.7. The normalized spacial score (nSPS) is 12.4. The van der Waals surface area contributed by atoms with E-state index in [4.69, 9.17) is 24.4 Å². The molecule has 18 aromatic carbocycles. The van der Waals surface area contributed by atoms with Crippen LogP contribution in [0.2, 0.25) is 0 Å². The van der Waals surface area contributed by atoms with Crippen LogP contribution in [0.3, 0.4) is 0 Å². The van der Waals surface area contributed by atoms with Gasteiger partial charge in [-0.25, -0.2) is 19.9 Å². The van der Waals surface area contributed by atoms with Gasteiger partial charge < -0.3 is 22.4 Å². The van der Waals surface area contributed by atoms with Crippen molar-refractivity contribution in [3.63, 3.8) is 0 Å². The van der Waals surface area contributed by atoms with Crippen LogP contribution in [-0.2, 0) is 0 Å². The molecule has 0 saturated carbocycles. The van der Waals surface area contributed by atoms with Crippen LogP contribution in [0.5, 0.6) is 0 Å². The van der Waals surface area contributed by atoms with Crippen molar-refractivity contribution >= 4 is 195 Å². The van der Waals surface area contributed by atoms with Gasteiger partial charge in [0.05, 0.1) is 71.1 Å². The van der Waals surface area contributed by atoms with Crippen molar-refractivity contribution in [2.45, 2.75) is 0 Å². The van der Waals surface area contributed by atoms with Gasteiger partial charge in [0.2, 0.25) is 0 Å². The van der Waals surface area contributed by atoms with Gasteiger partial charge in [-0.3, -0.25) is 0 Å². The maximum absolute atomic E-state index is 6.74. The third-order valence-electron chi connectivity index (χ3n) is 26.2. The average Bonchev–Trinajstić information content (AvgIpc) is 1.51. The van der Waals surface area contributed by atoms with E-state index in [1.165, 1.54) is 141 Å². The number of thiophene rings is 1. The molecule has 0 N–H and O–H groups in total. The summed E-state index contributed by atoms with van der Waals surface area (Å²) in [6, 6.07) is 137. The number of rotatable bonds is 9. The van der Waals surface area contributed by atoms with Gasteiger partial charge in [-0.15, -0.1) is 11.3 Å². The summed E-state index contributed by atoms with van der Waals surface area (Å²) >= 11 is 1.76. The molecule has 0 unspecified atom stereocenters. The lowest BCUT2D eigenvalue weighted by Gasteiger charge is -2.11. The Morgan fingerprint density at radius 3 is 1.21 bits per heavy atom. The quantitative estimate of drug-likeness (QED) is 0.144. The predicted octanol–water partition coefficient (Wildman–Crippen LogP) is 30.0. The fourth-order valence-electron chi connectivity index (χ4n) is 20.8. The minimum atomic E-state index is 0.626. The van der Waals surface area contributed by atoms with Crippen molar-refractivity contribution in [2.24, 2.45) is 0 Å². The standard InChI is InChI=1S/C112H62N8OS/c1-2-18-63(19-3-1)64-40-44-71(45-41-64)102-110-104(85-28-12-17-33-96(85)122-110)116-112(114-102)73-48-55-76(56-49-73)118-90-30-14-9-25-82(90)98-94(118)62-87-80-58-51-69-21-5-7-23-78(69)106(80)120-92-59-52-74(60-88(92)100(98)108(87)120)67-36-34-65(35-37-67)66-38-42-70(43-39-66)101-109-103(84-27-11-16-32-95(84)121-109)115-111(113-101)72-46-53-75(54-47-72)117-89-29-13-8-24-81(89)97-93(117)61-86-79-57-50-68-20-4-6-22-77(68)105(79)119-91-31-15-10-26-83(91)99(97)107(86)119/h1-62H. The van der Waals surface area contributed by atoms with Crippen LogP contribution >= 0.6 is 11.3 Å². The zero-order valence-corrected chi connectivity index (χ0v) is 66.0. The highest BCUT2D eigenvalue weighted by atomic mass is 32.1. The lowest BCUT2D eigenvalue weighted by molar-refractivity contribution is 0.667. The van der Waals surface area contributed by atoms with E-state index in [0.29, 0.717) is 17.2 Å². The molecule has 0 atom stereocenters. The van der Waals surface area contributed by atoms with Gasteiger partial charge in [-0.1, -0.05) is 267 Å². The Bertz CT molecular complexity index is 9360. The topological polar surface area (TPSA) is 83.4 Å². The zero-order valence-electron chi connectivity index (χ0n) is 65.2. The highest BCUT2D eigenvalue weighted by Crippen LogP contribution is 2.52. The first-order chi connectivity index (χ1) is 60.5. The Morgan fingerprint density at radius 2 is 0.639 bits per heavy atom. The molecule has 10 heterocycles. The number of aromatic nitrogens is 8. The van der Waals surface area contributed by atoms with Gasteiger partial charge in [0, 0.05) is 125 Å². The van der Waals surface area contributed by atoms with Crippen LogP contribution in [0, 0.1) is 0 Å². The fraction of sp³-hybridized carbons (Fsp3) is 0. The highest BCUT2D eigenvalue weighted by molar-refractivity contribution is 7.26. The largest absolute Gasteiger partial charge is 0.452 e. The first kappa shape index (κ1) is 65.9. The smallest absolute Gasteiger partial charge is 0.180 e. The van der Waals surface area contributed by atoms with Crippen molar-refractivity contribution in [3.8, 4) is 90.0 Å². The van der Waals surface area contributed by atoms with Crippen molar-refractivity contribution in [1.82, 2.24) is 37.9 Å². The highest BCUT2D eigenvalue weighted by Gasteiger charge is 2.30. The molecule has 10 heteroatoms. The molecule has 10 aromatic heterocycles. The molecule has 0 spiro atoms. The molecule has 0 aliphatic heterocycles. The van der Waals surface area contributed by atoms with Crippen molar-refractivity contribution in [2.75, 3.05) is 0 Å². The van der Waals surface area contributed by atoms with E-state index >= 15 is 0 Å². The van der Waals surface area contributed by atoms with E-state index in [2.05, 4.69) is 382 Å². The molecule has 0 bridgehead atoms. The summed E-state index contributed by atoms with van der Waals surface area (Å²) in [5.41, 5.74) is 29.7. The summed E-state index contributed by atoms with van der Waals surface area (Å²) in [6.07, 6.45) is 0. The summed E-state index contributed by atoms with van der Waals surface area (Å²) in [4.78, 5) is 21.7. The number of benzene rings is 18. The summed E-state index contributed by atoms with van der Waals surface area (Å²) in [5.74, 6) is 1.32. The Kier molecular flexibility index (Phi) is 13.4. The summed E-state index contributed by atoms with van der Waals surface area (Å²) in [5, 5.41) is 21.9. The van der Waals surface area contributed by atoms with E-state index in [-0.39, 0.29) is 0 Å². The SMILES string of the molecule is c1ccc(-c2ccc(-c3nc(-c4ccc(-n5c6ccccc6c6c7c8cc(-c9ccc(-c%10ccc(-c%11nc(-c%12ccc(-n%13c%14ccccc%14c%14c%15c%16ccccc%16n%16c%17c%18ccccc%18ccc%17c(cc%14%13)c%15%16)cc%12)nc%12c%11oc%11ccccc%11%12)cc%10)cc9)ccc8n8c9c%10ccccc%10ccc9c(cc65)c78)cc4)nc4c3sc3ccccc34)cc2)cc1. The van der Waals surface area contributed by atoms with Crippen molar-refractivity contribution < 1.29 is 4.42 Å². The molecular formula is C112H62N8OS. The summed E-state index contributed by atoms with van der Waals surface area (Å²) in [7, 11) is 0. The minimum absolute atomic E-state index is 0.626. The molecule has 122 heavy (non-hydrogen) atoms. The first-order valence-electron chi connectivity index (χ1n) is 41.6. The Morgan fingerprint density at radius 1 is 0.230 bits per heavy atom. The average molecular weight is 1570 g/mol. The Labute approximate surface area is 698 Å². The summed E-state index contributed by atoms with van der Waals surface area (Å²) in [6.45, 7) is 0. The first-order valence-corrected chi connectivity index (χ1v) is 42.4. The molecule has 28 aromatic rings. The predicted molar refractivity (Wildman–Crippen MR) is 509 cm³/mol. The van der Waals surface area contributed by atoms with Gasteiger partial charge >= 0.3 is 0 Å². The van der Waals surface area contributed by atoms with Crippen LogP contribution in [0.1, 0.15) is 0 Å². The van der Waals surface area contributed by atoms with E-state index in [1.54, 1.807) is 11.3 Å². The molecule has 562 valence electrons. The molecule has 28 rings (SSSR count). The maximum atomic E-state index is 6.74. The van der Waals surface area contributed by atoms with E-state index < -0.39 is 0 Å². The molecule has 0 fully saturated rings. The monoisotopic (exact) mass is 1570 g/mol. The van der Waals surface area contributed by atoms with Crippen LogP contribution in [-0.4, -0.2) is 37.9 Å². The van der Waals surface area contributed by atoms with Crippen molar-refractivity contribution in [3.05, 3.63) is 376 Å². The minimum Gasteiger partial charge on any atom is -0.452 e. The Hall–Kier alpha value is -16.1. The number of hydrogen-bond acceptors (Lipinski definition) is 6. The number of nitrogens with zero attached hydrogens (tertiary/aromatic N) is 8. The van der Waals surface area contributed by atoms with Gasteiger partial charge in [-0.05, 0) is 153 Å². The molecular weight excluding hydrogens is 1510 g/mol. The maximum Gasteiger partial charge on any atom is 0.180 e. The molecule has 0 aliphatic rings. The fourth-order valence-corrected chi connectivity index (χ4v) is 21.9. The van der Waals surface area contributed by atoms with Gasteiger partial charge in [0.15, 0.2) is 17.2 Å². The number of hydrogen-bond donors (Lipinski definition) is 0. The van der Waals surface area contributed by atoms with Gasteiger partial charge in [0.25, 0.3) is 0 Å². The second-order valence-corrected chi connectivity index (χ2v) is 33.7. The van der Waals surface area contributed by atoms with Crippen LogP contribution in [0.15, 0.2) is 381 Å². The molecule has 0 amide bonds. The molecule has 0 radical (unpaired) electrons. The lowest BCUT2D eigenvalue weighted by atomic mass is 9.97. The van der Waals surface area contributed by atoms with Crippen molar-refractivity contribution in [1.29, 1.82) is 0 Å². The molecule has 9 nitrogen and oxygen atoms in total. The molecule has 0 aliphatic carbocycles. The number of furan rings is 1. The van der Waals surface area contributed by atoms with Gasteiger partial charge in [-0.2, -0.15) is 0 Å². The zero-order chi connectivity index (χ0) is 79.3. The van der Waals surface area contributed by atoms with Gasteiger partial charge in [0.1, 0.15) is 16.8 Å². The Balaban J connectivity index is 0.535. The number of fused-ring (bicyclic) bond motifs is 30.